The van der Waals surface area contributed by atoms with Crippen molar-refractivity contribution in [3.63, 3.8) is 0 Å². The molecule has 4 rings (SSSR count). The van der Waals surface area contributed by atoms with E-state index in [1.165, 1.54) is 4.90 Å². The molecule has 1 aromatic heterocycles. The van der Waals surface area contributed by atoms with Crippen molar-refractivity contribution in [2.24, 2.45) is 11.8 Å². The predicted molar refractivity (Wildman–Crippen MR) is 197 cm³/mol. The summed E-state index contributed by atoms with van der Waals surface area (Å²) >= 11 is 0. The Kier molecular flexibility index (Phi) is 14.6. The molecule has 2 fully saturated rings. The number of methoxy groups -OCH3 is 2. The molecule has 0 aliphatic carbocycles. The quantitative estimate of drug-likeness (QED) is 0.150. The van der Waals surface area contributed by atoms with Crippen molar-refractivity contribution in [1.82, 2.24) is 15.4 Å². The Morgan fingerprint density at radius 1 is 1.06 bits per heavy atom. The molecule has 6 atom stereocenters. The fourth-order valence-corrected chi connectivity index (χ4v) is 9.64. The van der Waals surface area contributed by atoms with Crippen LogP contribution in [0.25, 0.3) is 0 Å². The number of ether oxygens (including phenoxy) is 4. The summed E-state index contributed by atoms with van der Waals surface area (Å²) in [5.41, 5.74) is 1.24. The molecule has 1 aromatic carbocycles. The van der Waals surface area contributed by atoms with Gasteiger partial charge in [0, 0.05) is 52.0 Å². The number of likely N-dealkylation sites (tertiary alicyclic amines) is 1. The van der Waals surface area contributed by atoms with Crippen LogP contribution < -0.4 is 10.2 Å². The fraction of sp³-hybridized carbons (Fsp3) is 0.639. The van der Waals surface area contributed by atoms with Gasteiger partial charge in [0.15, 0.2) is 26.7 Å². The highest BCUT2D eigenvalue weighted by Crippen LogP contribution is 2.35. The number of anilines is 1. The second-order valence-electron chi connectivity index (χ2n) is 14.0. The predicted octanol–water partition coefficient (Wildman–Crippen LogP) is 4.59. The summed E-state index contributed by atoms with van der Waals surface area (Å²) in [4.78, 5) is 44.8. The second kappa shape index (κ2) is 18.5. The van der Waals surface area contributed by atoms with Gasteiger partial charge in [0.2, 0.25) is 11.8 Å². The molecule has 3 heterocycles. The SMILES string of the molecule is COC(OC)C1CCN(c2cc([C@H](C(=O)N3C[C@H](OC(=O)OC(C)C(C)SS(C)(=O)=O)C[C@H]3C(=O)N[C@@H](C)c3ccc(C#N)cc3)C(C)C)on2)CC1. The maximum absolute atomic E-state index is 14.5. The van der Waals surface area contributed by atoms with Crippen molar-refractivity contribution < 1.29 is 46.3 Å². The molecule has 2 aliphatic heterocycles. The van der Waals surface area contributed by atoms with E-state index in [1.807, 2.05) is 13.8 Å². The number of hydrogen-bond acceptors (Lipinski definition) is 14. The third-order valence-corrected chi connectivity index (χ3v) is 12.7. The van der Waals surface area contributed by atoms with E-state index in [1.54, 1.807) is 65.3 Å². The van der Waals surface area contributed by atoms with E-state index in [-0.39, 0.29) is 37.0 Å². The van der Waals surface area contributed by atoms with E-state index < -0.39 is 56.4 Å². The third kappa shape index (κ3) is 11.1. The zero-order valence-electron chi connectivity index (χ0n) is 31.5. The molecular weight excluding hydrogens is 727 g/mol. The highest BCUT2D eigenvalue weighted by molar-refractivity contribution is 8.72. The van der Waals surface area contributed by atoms with E-state index in [2.05, 4.69) is 21.4 Å². The average molecular weight is 778 g/mol. The molecule has 0 saturated carbocycles. The normalized spacial score (nSPS) is 20.5. The van der Waals surface area contributed by atoms with E-state index in [4.69, 9.17) is 23.5 Å². The number of benzene rings is 1. The second-order valence-corrected chi connectivity index (χ2v) is 18.7. The molecule has 2 amide bonds. The number of aromatic nitrogens is 1. The summed E-state index contributed by atoms with van der Waals surface area (Å²) in [7, 11) is 0.541. The molecular formula is C36H51N5O10S2. The lowest BCUT2D eigenvalue weighted by Crippen LogP contribution is -2.48. The van der Waals surface area contributed by atoms with Crippen LogP contribution in [0.4, 0.5) is 10.6 Å². The molecule has 17 heteroatoms. The molecule has 2 unspecified atom stereocenters. The summed E-state index contributed by atoms with van der Waals surface area (Å²) < 4.78 is 51.2. The van der Waals surface area contributed by atoms with Gasteiger partial charge in [0.1, 0.15) is 24.2 Å². The summed E-state index contributed by atoms with van der Waals surface area (Å²) in [5, 5.41) is 15.9. The summed E-state index contributed by atoms with van der Waals surface area (Å²) in [5.74, 6) is -0.687. The van der Waals surface area contributed by atoms with Gasteiger partial charge >= 0.3 is 6.16 Å². The number of nitriles is 1. The number of rotatable bonds is 15. The maximum atomic E-state index is 14.5. The lowest BCUT2D eigenvalue weighted by Gasteiger charge is -2.34. The first-order chi connectivity index (χ1) is 25.0. The van der Waals surface area contributed by atoms with Gasteiger partial charge in [0.25, 0.3) is 0 Å². The summed E-state index contributed by atoms with van der Waals surface area (Å²) in [6, 6.07) is 9.20. The van der Waals surface area contributed by atoms with Crippen LogP contribution in [0.15, 0.2) is 34.9 Å². The minimum absolute atomic E-state index is 0.000143. The Morgan fingerprint density at radius 3 is 2.26 bits per heavy atom. The van der Waals surface area contributed by atoms with Gasteiger partial charge in [-0.15, -0.1) is 0 Å². The highest BCUT2D eigenvalue weighted by atomic mass is 33.1. The maximum Gasteiger partial charge on any atom is 0.508 e. The van der Waals surface area contributed by atoms with E-state index in [0.29, 0.717) is 41.0 Å². The molecule has 1 N–H and O–H groups in total. The van der Waals surface area contributed by atoms with Gasteiger partial charge in [-0.3, -0.25) is 9.59 Å². The van der Waals surface area contributed by atoms with Crippen molar-refractivity contribution in [1.29, 1.82) is 5.26 Å². The van der Waals surface area contributed by atoms with Crippen LogP contribution in [0.5, 0.6) is 0 Å². The van der Waals surface area contributed by atoms with Crippen molar-refractivity contribution in [2.45, 2.75) is 95.6 Å². The van der Waals surface area contributed by atoms with E-state index in [0.717, 1.165) is 24.7 Å². The van der Waals surface area contributed by atoms with Crippen LogP contribution in [0.2, 0.25) is 0 Å². The van der Waals surface area contributed by atoms with Crippen LogP contribution in [-0.4, -0.2) is 106 Å². The first-order valence-corrected chi connectivity index (χ1v) is 21.0. The molecule has 0 bridgehead atoms. The van der Waals surface area contributed by atoms with Crippen LogP contribution >= 0.6 is 10.8 Å². The first kappa shape index (κ1) is 41.9. The molecule has 15 nitrogen and oxygen atoms in total. The Labute approximate surface area is 315 Å². The minimum Gasteiger partial charge on any atom is -0.430 e. The first-order valence-electron chi connectivity index (χ1n) is 17.7. The standard InChI is InChI=1S/C36H51N5O10S2/c1-21(2)32(30-18-31(39-51-30)40-15-13-27(14-16-40)35(47-6)48-7)34(43)41-20-28(50-36(44)49-23(4)24(5)52-53(8,45)46)17-29(41)33(42)38-22(3)26-11-9-25(19-37)10-12-26/h9-12,18,21-24,27-29,32,35H,13-17,20H2,1-8H3,(H,38,42)/t22-,23?,24?,28+,29-,32+/m0/s1. The van der Waals surface area contributed by atoms with Crippen LogP contribution in [0.3, 0.4) is 0 Å². The number of hydrogen-bond donors (Lipinski definition) is 1. The van der Waals surface area contributed by atoms with Gasteiger partial charge in [-0.25, -0.2) is 13.2 Å². The number of carbonyl (C=O) groups is 3. The lowest BCUT2D eigenvalue weighted by molar-refractivity contribution is -0.141. The summed E-state index contributed by atoms with van der Waals surface area (Å²) in [6.07, 6.45) is -0.286. The number of nitrogens with zero attached hydrogens (tertiary/aromatic N) is 4. The smallest absolute Gasteiger partial charge is 0.430 e. The fourth-order valence-electron chi connectivity index (χ4n) is 6.75. The monoisotopic (exact) mass is 777 g/mol. The average Bonchev–Trinajstić information content (AvgIpc) is 3.76. The Bertz CT molecular complexity index is 1700. The zero-order valence-corrected chi connectivity index (χ0v) is 33.1. The van der Waals surface area contributed by atoms with Crippen molar-refractivity contribution >= 4 is 43.5 Å². The Balaban J connectivity index is 1.52. The molecule has 0 spiro atoms. The van der Waals surface area contributed by atoms with Crippen molar-refractivity contribution in [2.75, 3.05) is 45.0 Å². The topological polar surface area (TPSA) is 191 Å². The van der Waals surface area contributed by atoms with Crippen molar-refractivity contribution in [3.05, 3.63) is 47.2 Å². The lowest BCUT2D eigenvalue weighted by atomic mass is 9.91. The molecule has 2 aromatic rings. The molecule has 0 radical (unpaired) electrons. The Hall–Kier alpha value is -3.85. The Morgan fingerprint density at radius 2 is 1.70 bits per heavy atom. The van der Waals surface area contributed by atoms with Crippen LogP contribution in [0.1, 0.15) is 82.7 Å². The van der Waals surface area contributed by atoms with Gasteiger partial charge < -0.3 is 38.6 Å². The molecule has 2 saturated heterocycles. The molecule has 53 heavy (non-hydrogen) atoms. The van der Waals surface area contributed by atoms with Crippen LogP contribution in [-0.2, 0) is 37.4 Å². The van der Waals surface area contributed by atoms with Gasteiger partial charge in [-0.2, -0.15) is 5.26 Å². The van der Waals surface area contributed by atoms with Gasteiger partial charge in [0.05, 0.1) is 29.5 Å². The zero-order chi connectivity index (χ0) is 39.0. The minimum atomic E-state index is -3.39. The largest absolute Gasteiger partial charge is 0.508 e. The highest BCUT2D eigenvalue weighted by Gasteiger charge is 2.46. The van der Waals surface area contributed by atoms with Gasteiger partial charge in [-0.05, 0) is 68.0 Å². The van der Waals surface area contributed by atoms with E-state index >= 15 is 0 Å². The van der Waals surface area contributed by atoms with Crippen LogP contribution in [0, 0.1) is 23.2 Å². The van der Waals surface area contributed by atoms with Crippen molar-refractivity contribution in [3.8, 4) is 6.07 Å². The van der Waals surface area contributed by atoms with Gasteiger partial charge in [-0.1, -0.05) is 31.1 Å². The number of nitrogens with one attached hydrogen (secondary N) is 1. The number of amides is 2. The number of piperidine rings is 1. The number of carbonyl (C=O) groups excluding carboxylic acids is 3. The molecule has 292 valence electrons. The third-order valence-electron chi connectivity index (χ3n) is 9.75. The van der Waals surface area contributed by atoms with E-state index in [9.17, 15) is 28.1 Å². The molecule has 2 aliphatic rings. The summed E-state index contributed by atoms with van der Waals surface area (Å²) in [6.45, 7) is 10.1.